The van der Waals surface area contributed by atoms with E-state index < -0.39 is 0 Å². The van der Waals surface area contributed by atoms with Crippen molar-refractivity contribution in [3.63, 3.8) is 0 Å². The van der Waals surface area contributed by atoms with Crippen molar-refractivity contribution in [1.29, 1.82) is 0 Å². The van der Waals surface area contributed by atoms with E-state index in [9.17, 15) is 0 Å². The van der Waals surface area contributed by atoms with Crippen LogP contribution in [0.5, 0.6) is 0 Å². The lowest BCUT2D eigenvalue weighted by Crippen LogP contribution is -2.26. The Morgan fingerprint density at radius 3 is 1.32 bits per heavy atom. The van der Waals surface area contributed by atoms with Gasteiger partial charge in [0.1, 0.15) is 0 Å². The Morgan fingerprint density at radius 1 is 0.548 bits per heavy atom. The van der Waals surface area contributed by atoms with Gasteiger partial charge in [-0.15, -0.1) is 0 Å². The van der Waals surface area contributed by atoms with Gasteiger partial charge in [-0.3, -0.25) is 0 Å². The minimum Gasteiger partial charge on any atom is -0.0617 e. The van der Waals surface area contributed by atoms with E-state index in [-0.39, 0.29) is 21.7 Å². The van der Waals surface area contributed by atoms with Crippen LogP contribution in [0.3, 0.4) is 0 Å². The Morgan fingerprint density at radius 2 is 0.935 bits per heavy atom. The minimum absolute atomic E-state index is 0.115. The van der Waals surface area contributed by atoms with Crippen LogP contribution < -0.4 is 0 Å². The first-order valence-electron chi connectivity index (χ1n) is 12.1. The van der Waals surface area contributed by atoms with Crippen molar-refractivity contribution in [2.45, 2.75) is 124 Å². The maximum absolute atomic E-state index is 2.43. The molecule has 0 fully saturated rings. The van der Waals surface area contributed by atoms with Gasteiger partial charge in [-0.05, 0) is 67.4 Å². The summed E-state index contributed by atoms with van der Waals surface area (Å²) in [5, 5.41) is 0. The van der Waals surface area contributed by atoms with E-state index in [4.69, 9.17) is 0 Å². The molecule has 0 spiro atoms. The summed E-state index contributed by atoms with van der Waals surface area (Å²) in [5.41, 5.74) is 9.62. The average Bonchev–Trinajstić information content (AvgIpc) is 2.57. The highest BCUT2D eigenvalue weighted by Gasteiger charge is 2.31. The normalized spacial score (nSPS) is 14.6. The van der Waals surface area contributed by atoms with Crippen LogP contribution in [0.2, 0.25) is 0 Å². The molecule has 31 heavy (non-hydrogen) atoms. The van der Waals surface area contributed by atoms with Gasteiger partial charge in [0, 0.05) is 0 Å². The van der Waals surface area contributed by atoms with Gasteiger partial charge in [-0.25, -0.2) is 0 Å². The molecule has 0 radical (unpaired) electrons. The smallest absolute Gasteiger partial charge is 0.0126 e. The Bertz CT molecular complexity index is 867. The molecule has 0 saturated heterocycles. The fraction of sp³-hybridized carbons (Fsp3) is 0.613. The van der Waals surface area contributed by atoms with Gasteiger partial charge < -0.3 is 0 Å². The lowest BCUT2D eigenvalue weighted by atomic mass is 9.69. The summed E-state index contributed by atoms with van der Waals surface area (Å²) in [7, 11) is 0. The lowest BCUT2D eigenvalue weighted by molar-refractivity contribution is 0.516. The van der Waals surface area contributed by atoms with Crippen molar-refractivity contribution in [3.8, 4) is 0 Å². The lowest BCUT2D eigenvalue weighted by Gasteiger charge is -2.35. The van der Waals surface area contributed by atoms with Crippen molar-refractivity contribution in [3.05, 3.63) is 69.8 Å². The molecular weight excluding hydrogens is 372 g/mol. The number of rotatable bonds is 3. The van der Waals surface area contributed by atoms with E-state index in [1.54, 1.807) is 11.1 Å². The maximum atomic E-state index is 2.43. The molecule has 0 heterocycles. The van der Waals surface area contributed by atoms with E-state index >= 15 is 0 Å². The van der Waals surface area contributed by atoms with E-state index in [0.717, 1.165) is 6.42 Å². The third kappa shape index (κ3) is 5.82. The highest BCUT2D eigenvalue weighted by atomic mass is 14.4. The zero-order valence-corrected chi connectivity index (χ0v) is 22.7. The molecule has 0 bridgehead atoms. The van der Waals surface area contributed by atoms with Crippen molar-refractivity contribution >= 4 is 0 Å². The number of benzene rings is 2. The second kappa shape index (κ2) is 8.42. The van der Waals surface area contributed by atoms with E-state index in [2.05, 4.69) is 126 Å². The first kappa shape index (κ1) is 25.7. The third-order valence-electron chi connectivity index (χ3n) is 6.49. The molecule has 172 valence electrons. The van der Waals surface area contributed by atoms with Gasteiger partial charge in [-0.2, -0.15) is 0 Å². The van der Waals surface area contributed by atoms with Crippen LogP contribution in [0.15, 0.2) is 36.4 Å². The monoisotopic (exact) mass is 420 g/mol. The molecule has 1 atom stereocenters. The first-order valence-corrected chi connectivity index (χ1v) is 12.1. The standard InChI is InChI=1S/C31H48/c1-21(22-16-14-19-26(30(8,9)10)27(22)31(11,12)13)20-23-24(28(2,3)4)17-15-18-25(23)29(5,6)7/h14-19,21H,20H2,1-13H3. The SMILES string of the molecule is CC(Cc1c(C(C)(C)C)cccc1C(C)(C)C)c1cccc(C(C)(C)C)c1C(C)(C)C. The molecule has 0 aromatic heterocycles. The maximum Gasteiger partial charge on any atom is -0.0126 e. The van der Waals surface area contributed by atoms with E-state index in [0.29, 0.717) is 5.92 Å². The fourth-order valence-corrected chi connectivity index (χ4v) is 5.07. The summed E-state index contributed by atoms with van der Waals surface area (Å²) in [4.78, 5) is 0. The Hall–Kier alpha value is -1.56. The zero-order valence-electron chi connectivity index (χ0n) is 22.7. The summed E-state index contributed by atoms with van der Waals surface area (Å²) >= 11 is 0. The van der Waals surface area contributed by atoms with Crippen molar-refractivity contribution < 1.29 is 0 Å². The van der Waals surface area contributed by atoms with Crippen LogP contribution in [0.4, 0.5) is 0 Å². The van der Waals surface area contributed by atoms with Crippen molar-refractivity contribution in [2.24, 2.45) is 0 Å². The topological polar surface area (TPSA) is 0 Å². The molecule has 2 aromatic rings. The predicted octanol–water partition coefficient (Wildman–Crippen LogP) is 9.22. The summed E-state index contributed by atoms with van der Waals surface area (Å²) in [6.45, 7) is 30.7. The molecule has 0 aliphatic heterocycles. The summed E-state index contributed by atoms with van der Waals surface area (Å²) < 4.78 is 0. The molecule has 0 N–H and O–H groups in total. The van der Waals surface area contributed by atoms with Gasteiger partial charge in [0.2, 0.25) is 0 Å². The van der Waals surface area contributed by atoms with Crippen LogP contribution >= 0.6 is 0 Å². The van der Waals surface area contributed by atoms with Gasteiger partial charge in [0.25, 0.3) is 0 Å². The van der Waals surface area contributed by atoms with Crippen molar-refractivity contribution in [2.75, 3.05) is 0 Å². The van der Waals surface area contributed by atoms with E-state index in [1.807, 2.05) is 0 Å². The van der Waals surface area contributed by atoms with E-state index in [1.165, 1.54) is 22.3 Å². The molecular formula is C31H48. The van der Waals surface area contributed by atoms with Gasteiger partial charge in [0.15, 0.2) is 0 Å². The fourth-order valence-electron chi connectivity index (χ4n) is 5.07. The Labute approximate surface area is 193 Å². The zero-order chi connectivity index (χ0) is 24.0. The second-order valence-corrected chi connectivity index (χ2v) is 13.7. The van der Waals surface area contributed by atoms with Crippen LogP contribution in [0.25, 0.3) is 0 Å². The molecule has 1 unspecified atom stereocenters. The van der Waals surface area contributed by atoms with Crippen LogP contribution in [-0.2, 0) is 28.1 Å². The van der Waals surface area contributed by atoms with Gasteiger partial charge in [-0.1, -0.05) is 126 Å². The minimum atomic E-state index is 0.115. The quantitative estimate of drug-likeness (QED) is 0.464. The Kier molecular flexibility index (Phi) is 6.98. The summed E-state index contributed by atoms with van der Waals surface area (Å²) in [5.74, 6) is 0.459. The van der Waals surface area contributed by atoms with Gasteiger partial charge in [0.05, 0.1) is 0 Å². The molecule has 0 aliphatic rings. The van der Waals surface area contributed by atoms with Crippen LogP contribution in [-0.4, -0.2) is 0 Å². The van der Waals surface area contributed by atoms with Crippen LogP contribution in [0, 0.1) is 0 Å². The third-order valence-corrected chi connectivity index (χ3v) is 6.49. The highest BCUT2D eigenvalue weighted by Crippen LogP contribution is 2.42. The molecule has 0 saturated carbocycles. The summed E-state index contributed by atoms with van der Waals surface area (Å²) in [6.07, 6.45) is 1.08. The predicted molar refractivity (Wildman–Crippen MR) is 140 cm³/mol. The molecule has 2 aromatic carbocycles. The second-order valence-electron chi connectivity index (χ2n) is 13.7. The van der Waals surface area contributed by atoms with Gasteiger partial charge >= 0.3 is 0 Å². The summed E-state index contributed by atoms with van der Waals surface area (Å²) in [6, 6.07) is 14.0. The highest BCUT2D eigenvalue weighted by molar-refractivity contribution is 5.48. The van der Waals surface area contributed by atoms with Crippen LogP contribution in [0.1, 0.15) is 129 Å². The molecule has 2 rings (SSSR count). The Balaban J connectivity index is 2.71. The van der Waals surface area contributed by atoms with Crippen molar-refractivity contribution in [1.82, 2.24) is 0 Å². The number of hydrogen-bond donors (Lipinski definition) is 0. The number of hydrogen-bond acceptors (Lipinski definition) is 0. The average molecular weight is 421 g/mol. The molecule has 0 amide bonds. The molecule has 0 heteroatoms. The largest absolute Gasteiger partial charge is 0.0617 e. The first-order chi connectivity index (χ1) is 13.8. The molecule has 0 aliphatic carbocycles. The molecule has 0 nitrogen and oxygen atoms in total.